The van der Waals surface area contributed by atoms with Gasteiger partial charge in [0, 0.05) is 18.8 Å². The molecule has 1 saturated heterocycles. The number of aryl methyl sites for hydroxylation is 1. The Bertz CT molecular complexity index is 1000. The molecular weight excluding hydrogens is 392 g/mol. The van der Waals surface area contributed by atoms with Gasteiger partial charge in [0.2, 0.25) is 15.9 Å². The Kier molecular flexibility index (Phi) is 6.34. The van der Waals surface area contributed by atoms with Crippen molar-refractivity contribution in [1.29, 1.82) is 0 Å². The topological polar surface area (TPSA) is 92.8 Å². The number of amides is 1. The van der Waals surface area contributed by atoms with Crippen molar-refractivity contribution in [2.24, 2.45) is 5.92 Å². The molecule has 3 rings (SSSR count). The predicted octanol–water partition coefficient (Wildman–Crippen LogP) is 2.82. The third-order valence-electron chi connectivity index (χ3n) is 5.05. The van der Waals surface area contributed by atoms with Gasteiger partial charge < -0.3 is 10.1 Å². The van der Waals surface area contributed by atoms with Crippen LogP contribution in [-0.4, -0.2) is 44.8 Å². The molecule has 2 aromatic carbocycles. The summed E-state index contributed by atoms with van der Waals surface area (Å²) in [7, 11) is -2.34. The molecule has 1 aliphatic rings. The molecule has 7 nitrogen and oxygen atoms in total. The quantitative estimate of drug-likeness (QED) is 0.757. The summed E-state index contributed by atoms with van der Waals surface area (Å²) in [6, 6.07) is 13.2. The number of nitrogens with one attached hydrogen (secondary N) is 1. The van der Waals surface area contributed by atoms with E-state index in [4.69, 9.17) is 4.74 Å². The first kappa shape index (κ1) is 21.0. The van der Waals surface area contributed by atoms with Crippen LogP contribution in [-0.2, 0) is 19.6 Å². The van der Waals surface area contributed by atoms with Gasteiger partial charge in [-0.25, -0.2) is 13.2 Å². The minimum atomic E-state index is -3.64. The molecule has 0 bridgehead atoms. The van der Waals surface area contributed by atoms with Gasteiger partial charge in [0.05, 0.1) is 23.5 Å². The molecule has 154 valence electrons. The van der Waals surface area contributed by atoms with E-state index in [1.807, 2.05) is 6.92 Å². The van der Waals surface area contributed by atoms with Crippen LogP contribution in [0, 0.1) is 12.8 Å². The Morgan fingerprint density at radius 2 is 1.86 bits per heavy atom. The van der Waals surface area contributed by atoms with Crippen LogP contribution in [0.5, 0.6) is 0 Å². The van der Waals surface area contributed by atoms with E-state index >= 15 is 0 Å². The summed E-state index contributed by atoms with van der Waals surface area (Å²) in [5, 5.41) is 2.84. The summed E-state index contributed by atoms with van der Waals surface area (Å²) in [4.78, 5) is 24.8. The highest BCUT2D eigenvalue weighted by Gasteiger charge is 2.33. The van der Waals surface area contributed by atoms with Crippen molar-refractivity contribution in [3.63, 3.8) is 0 Å². The zero-order valence-electron chi connectivity index (χ0n) is 16.4. The number of benzene rings is 2. The maximum Gasteiger partial charge on any atom is 0.337 e. The lowest BCUT2D eigenvalue weighted by Gasteiger charge is -2.31. The number of rotatable bonds is 5. The van der Waals surface area contributed by atoms with Gasteiger partial charge in [-0.3, -0.25) is 4.79 Å². The number of sulfonamides is 1. The second-order valence-electron chi connectivity index (χ2n) is 7.03. The van der Waals surface area contributed by atoms with Crippen LogP contribution in [0.3, 0.4) is 0 Å². The molecule has 1 amide bonds. The van der Waals surface area contributed by atoms with Crippen molar-refractivity contribution in [2.45, 2.75) is 24.7 Å². The number of piperidine rings is 1. The van der Waals surface area contributed by atoms with Crippen molar-refractivity contribution in [2.75, 3.05) is 25.5 Å². The third kappa shape index (κ3) is 4.65. The van der Waals surface area contributed by atoms with E-state index in [1.54, 1.807) is 48.5 Å². The van der Waals surface area contributed by atoms with Crippen molar-refractivity contribution in [1.82, 2.24) is 4.31 Å². The summed E-state index contributed by atoms with van der Waals surface area (Å²) >= 11 is 0. The Labute approximate surface area is 170 Å². The molecule has 1 aliphatic heterocycles. The van der Waals surface area contributed by atoms with E-state index in [2.05, 4.69) is 5.32 Å². The molecule has 8 heteroatoms. The van der Waals surface area contributed by atoms with Gasteiger partial charge in [0.25, 0.3) is 0 Å². The summed E-state index contributed by atoms with van der Waals surface area (Å²) in [5.41, 5.74) is 1.65. The average Bonchev–Trinajstić information content (AvgIpc) is 2.75. The van der Waals surface area contributed by atoms with Crippen LogP contribution in [0.15, 0.2) is 53.4 Å². The van der Waals surface area contributed by atoms with E-state index in [1.165, 1.54) is 11.4 Å². The first-order valence-corrected chi connectivity index (χ1v) is 10.8. The first-order valence-electron chi connectivity index (χ1n) is 9.38. The molecule has 1 N–H and O–H groups in total. The number of carbonyl (C=O) groups is 2. The highest BCUT2D eigenvalue weighted by atomic mass is 32.2. The normalized spacial score (nSPS) is 17.5. The van der Waals surface area contributed by atoms with Gasteiger partial charge in [0.1, 0.15) is 0 Å². The molecule has 0 radical (unpaired) electrons. The number of hydrogen-bond acceptors (Lipinski definition) is 5. The van der Waals surface area contributed by atoms with Gasteiger partial charge in [-0.05, 0) is 49.6 Å². The van der Waals surface area contributed by atoms with Gasteiger partial charge in [-0.2, -0.15) is 4.31 Å². The fourth-order valence-electron chi connectivity index (χ4n) is 3.35. The summed E-state index contributed by atoms with van der Waals surface area (Å²) in [6.45, 7) is 2.33. The van der Waals surface area contributed by atoms with E-state index in [-0.39, 0.29) is 17.3 Å². The molecule has 0 unspecified atom stereocenters. The number of hydrogen-bond donors (Lipinski definition) is 1. The number of esters is 1. The molecule has 1 heterocycles. The highest BCUT2D eigenvalue weighted by Crippen LogP contribution is 2.25. The van der Waals surface area contributed by atoms with Crippen LogP contribution >= 0.6 is 0 Å². The van der Waals surface area contributed by atoms with Crippen molar-refractivity contribution in [3.05, 3.63) is 59.7 Å². The fourth-order valence-corrected chi connectivity index (χ4v) is 4.90. The zero-order valence-corrected chi connectivity index (χ0v) is 17.2. The Hall–Kier alpha value is -2.71. The van der Waals surface area contributed by atoms with Gasteiger partial charge in [0.15, 0.2) is 0 Å². The average molecular weight is 416 g/mol. The number of anilines is 1. The van der Waals surface area contributed by atoms with Gasteiger partial charge in [-0.15, -0.1) is 0 Å². The van der Waals surface area contributed by atoms with Crippen LogP contribution in [0.1, 0.15) is 28.8 Å². The lowest BCUT2D eigenvalue weighted by Crippen LogP contribution is -2.43. The second kappa shape index (κ2) is 8.75. The SMILES string of the molecule is COC(=O)c1ccc(C)c(NC(=O)[C@@H]2CCCN(S(=O)(=O)c3ccccc3)C2)c1. The molecule has 0 aliphatic carbocycles. The lowest BCUT2D eigenvalue weighted by molar-refractivity contribution is -0.120. The molecule has 1 fully saturated rings. The van der Waals surface area contributed by atoms with Gasteiger partial charge in [-0.1, -0.05) is 24.3 Å². The van der Waals surface area contributed by atoms with Crippen molar-refractivity contribution < 1.29 is 22.7 Å². The van der Waals surface area contributed by atoms with Crippen molar-refractivity contribution in [3.8, 4) is 0 Å². The number of carbonyl (C=O) groups excluding carboxylic acids is 2. The summed E-state index contributed by atoms with van der Waals surface area (Å²) < 4.78 is 31.8. The molecule has 29 heavy (non-hydrogen) atoms. The van der Waals surface area contributed by atoms with E-state index in [0.29, 0.717) is 30.6 Å². The summed E-state index contributed by atoms with van der Waals surface area (Å²) in [6.07, 6.45) is 1.20. The second-order valence-corrected chi connectivity index (χ2v) is 8.96. The fraction of sp³-hybridized carbons (Fsp3) is 0.333. The maximum atomic E-state index is 12.9. The number of nitrogens with zero attached hydrogens (tertiary/aromatic N) is 1. The first-order chi connectivity index (χ1) is 13.8. The minimum Gasteiger partial charge on any atom is -0.465 e. The zero-order chi connectivity index (χ0) is 21.0. The molecule has 2 aromatic rings. The molecule has 0 saturated carbocycles. The van der Waals surface area contributed by atoms with E-state index < -0.39 is 21.9 Å². The van der Waals surface area contributed by atoms with Crippen LogP contribution in [0.25, 0.3) is 0 Å². The molecule has 1 atom stereocenters. The van der Waals surface area contributed by atoms with E-state index in [9.17, 15) is 18.0 Å². The number of ether oxygens (including phenoxy) is 1. The van der Waals surface area contributed by atoms with Crippen LogP contribution in [0.2, 0.25) is 0 Å². The lowest BCUT2D eigenvalue weighted by atomic mass is 9.98. The largest absolute Gasteiger partial charge is 0.465 e. The number of methoxy groups -OCH3 is 1. The minimum absolute atomic E-state index is 0.124. The highest BCUT2D eigenvalue weighted by molar-refractivity contribution is 7.89. The monoisotopic (exact) mass is 416 g/mol. The van der Waals surface area contributed by atoms with E-state index in [0.717, 1.165) is 5.56 Å². The third-order valence-corrected chi connectivity index (χ3v) is 6.93. The molecule has 0 spiro atoms. The summed E-state index contributed by atoms with van der Waals surface area (Å²) in [5.74, 6) is -1.22. The maximum absolute atomic E-state index is 12.9. The van der Waals surface area contributed by atoms with Crippen LogP contribution < -0.4 is 5.32 Å². The van der Waals surface area contributed by atoms with Crippen molar-refractivity contribution >= 4 is 27.6 Å². The van der Waals surface area contributed by atoms with Gasteiger partial charge >= 0.3 is 5.97 Å². The standard InChI is InChI=1S/C21H24N2O5S/c1-15-10-11-16(21(25)28-2)13-19(15)22-20(24)17-7-6-12-23(14-17)29(26,27)18-8-4-3-5-9-18/h3-5,8-11,13,17H,6-7,12,14H2,1-2H3,(H,22,24)/t17-/m1/s1. The predicted molar refractivity (Wildman–Crippen MR) is 109 cm³/mol. The Morgan fingerprint density at radius 3 is 2.55 bits per heavy atom. The van der Waals surface area contributed by atoms with Crippen LogP contribution in [0.4, 0.5) is 5.69 Å². The Morgan fingerprint density at radius 1 is 1.14 bits per heavy atom. The molecular formula is C21H24N2O5S. The smallest absolute Gasteiger partial charge is 0.337 e. The Balaban J connectivity index is 1.75. The molecule has 0 aromatic heterocycles.